The number of carbonyl (C=O) groups is 3. The average Bonchev–Trinajstić information content (AvgIpc) is 2.97. The lowest BCUT2D eigenvalue weighted by molar-refractivity contribution is -0.122. The van der Waals surface area contributed by atoms with Crippen LogP contribution in [0.15, 0.2) is 54.7 Å². The molecule has 2 amide bonds. The average molecular weight is 391 g/mol. The summed E-state index contributed by atoms with van der Waals surface area (Å²) in [7, 11) is 1.85. The number of esters is 1. The van der Waals surface area contributed by atoms with E-state index in [1.165, 1.54) is 4.90 Å². The molecule has 3 aromatic rings. The van der Waals surface area contributed by atoms with Gasteiger partial charge < -0.3 is 19.5 Å². The number of ether oxygens (including phenoxy) is 1. The molecular formula is C22H21N3O4. The Morgan fingerprint density at radius 2 is 1.86 bits per heavy atom. The Labute approximate surface area is 167 Å². The van der Waals surface area contributed by atoms with E-state index in [1.807, 2.05) is 35.9 Å². The number of benzene rings is 2. The highest BCUT2D eigenvalue weighted by atomic mass is 16.5. The van der Waals surface area contributed by atoms with E-state index in [1.54, 1.807) is 37.4 Å². The smallest absolute Gasteiger partial charge is 0.340 e. The van der Waals surface area contributed by atoms with Crippen LogP contribution in [0.2, 0.25) is 0 Å². The van der Waals surface area contributed by atoms with Gasteiger partial charge in [0.25, 0.3) is 5.91 Å². The molecule has 1 aliphatic rings. The summed E-state index contributed by atoms with van der Waals surface area (Å²) in [6.45, 7) is 1.39. The molecule has 7 nitrogen and oxygen atoms in total. The van der Waals surface area contributed by atoms with Crippen LogP contribution >= 0.6 is 0 Å². The van der Waals surface area contributed by atoms with Crippen molar-refractivity contribution in [1.82, 2.24) is 4.57 Å². The zero-order chi connectivity index (χ0) is 20.5. The van der Waals surface area contributed by atoms with E-state index < -0.39 is 12.6 Å². The second-order valence-corrected chi connectivity index (χ2v) is 7.13. The van der Waals surface area contributed by atoms with Gasteiger partial charge in [0, 0.05) is 36.6 Å². The Hall–Kier alpha value is -3.61. The molecular weight excluding hydrogens is 370 g/mol. The van der Waals surface area contributed by atoms with E-state index in [-0.39, 0.29) is 24.3 Å². The molecule has 0 spiro atoms. The van der Waals surface area contributed by atoms with E-state index in [0.29, 0.717) is 16.9 Å². The van der Waals surface area contributed by atoms with Gasteiger partial charge in [0.1, 0.15) is 0 Å². The fourth-order valence-electron chi connectivity index (χ4n) is 3.75. The monoisotopic (exact) mass is 391 g/mol. The first kappa shape index (κ1) is 18.7. The Balaban J connectivity index is 1.55. The molecule has 0 saturated heterocycles. The van der Waals surface area contributed by atoms with Crippen molar-refractivity contribution in [2.24, 2.45) is 7.05 Å². The number of carbonyl (C=O) groups excluding carboxylic acids is 3. The Morgan fingerprint density at radius 3 is 2.69 bits per heavy atom. The first-order valence-corrected chi connectivity index (χ1v) is 9.38. The van der Waals surface area contributed by atoms with E-state index in [2.05, 4.69) is 5.32 Å². The van der Waals surface area contributed by atoms with Crippen LogP contribution in [0.1, 0.15) is 23.7 Å². The largest absolute Gasteiger partial charge is 0.452 e. The van der Waals surface area contributed by atoms with Gasteiger partial charge in [-0.25, -0.2) is 4.79 Å². The van der Waals surface area contributed by atoms with Crippen molar-refractivity contribution in [3.05, 3.63) is 60.3 Å². The highest BCUT2D eigenvalue weighted by Crippen LogP contribution is 2.31. The Kier molecular flexibility index (Phi) is 4.80. The van der Waals surface area contributed by atoms with Gasteiger partial charge in [0.2, 0.25) is 5.91 Å². The van der Waals surface area contributed by atoms with Crippen molar-refractivity contribution in [1.29, 1.82) is 0 Å². The summed E-state index contributed by atoms with van der Waals surface area (Å²) in [6.07, 6.45) is 1.86. The van der Waals surface area contributed by atoms with Gasteiger partial charge in [-0.2, -0.15) is 0 Å². The maximum Gasteiger partial charge on any atom is 0.340 e. The maximum absolute atomic E-state index is 12.9. The van der Waals surface area contributed by atoms with Crippen molar-refractivity contribution in [2.75, 3.05) is 16.8 Å². The highest BCUT2D eigenvalue weighted by molar-refractivity contribution is 6.07. The normalized spacial score (nSPS) is 16.1. The summed E-state index contributed by atoms with van der Waals surface area (Å²) in [4.78, 5) is 39.2. The number of aromatic nitrogens is 1. The number of nitrogens with one attached hydrogen (secondary N) is 1. The van der Waals surface area contributed by atoms with E-state index in [9.17, 15) is 14.4 Å². The molecule has 0 bridgehead atoms. The van der Waals surface area contributed by atoms with Crippen LogP contribution in [-0.4, -0.2) is 35.0 Å². The number of amides is 2. The lowest BCUT2D eigenvalue weighted by Gasteiger charge is -2.27. The van der Waals surface area contributed by atoms with Crippen LogP contribution in [0.3, 0.4) is 0 Å². The van der Waals surface area contributed by atoms with Crippen LogP contribution in [0, 0.1) is 0 Å². The number of hydrogen-bond acceptors (Lipinski definition) is 4. The molecule has 4 rings (SSSR count). The summed E-state index contributed by atoms with van der Waals surface area (Å²) < 4.78 is 7.19. The maximum atomic E-state index is 12.9. The van der Waals surface area contributed by atoms with Gasteiger partial charge >= 0.3 is 5.97 Å². The van der Waals surface area contributed by atoms with Crippen molar-refractivity contribution >= 4 is 40.1 Å². The quantitative estimate of drug-likeness (QED) is 0.696. The van der Waals surface area contributed by atoms with Gasteiger partial charge in [0.05, 0.1) is 16.9 Å². The van der Waals surface area contributed by atoms with E-state index in [4.69, 9.17) is 4.74 Å². The molecule has 7 heteroatoms. The molecule has 2 heterocycles. The summed E-state index contributed by atoms with van der Waals surface area (Å²) >= 11 is 0. The Bertz CT molecular complexity index is 1120. The zero-order valence-corrected chi connectivity index (χ0v) is 16.2. The molecule has 0 aliphatic carbocycles. The van der Waals surface area contributed by atoms with Gasteiger partial charge in [0.15, 0.2) is 6.61 Å². The number of anilines is 2. The van der Waals surface area contributed by atoms with Crippen LogP contribution < -0.4 is 10.2 Å². The first-order chi connectivity index (χ1) is 14.0. The number of nitrogens with zero attached hydrogens (tertiary/aromatic N) is 2. The van der Waals surface area contributed by atoms with Crippen molar-refractivity contribution < 1.29 is 19.1 Å². The molecule has 148 valence electrons. The predicted molar refractivity (Wildman–Crippen MR) is 110 cm³/mol. The molecule has 2 aromatic carbocycles. The zero-order valence-electron chi connectivity index (χ0n) is 16.2. The van der Waals surface area contributed by atoms with Crippen LogP contribution in [0.4, 0.5) is 11.4 Å². The topological polar surface area (TPSA) is 80.6 Å². The molecule has 1 atom stereocenters. The number of aryl methyl sites for hydroxylation is 1. The number of hydrogen-bond donors (Lipinski definition) is 1. The van der Waals surface area contributed by atoms with Crippen LogP contribution in [-0.2, 0) is 21.4 Å². The van der Waals surface area contributed by atoms with Crippen molar-refractivity contribution in [3.63, 3.8) is 0 Å². The van der Waals surface area contributed by atoms with Gasteiger partial charge in [-0.15, -0.1) is 0 Å². The first-order valence-electron chi connectivity index (χ1n) is 9.38. The standard InChI is InChI=1S/C22H21N3O4/c1-14-11-20(26)23-17-8-4-6-10-19(17)25(14)21(27)13-29-22(28)16-12-24(2)18-9-5-3-7-15(16)18/h3-10,12,14H,11,13H2,1-2H3,(H,23,26)/t14-/m1/s1. The van der Waals surface area contributed by atoms with Crippen LogP contribution in [0.5, 0.6) is 0 Å². The number of para-hydroxylation sites is 3. The fraction of sp³-hybridized carbons (Fsp3) is 0.227. The molecule has 0 unspecified atom stereocenters. The molecule has 1 N–H and O–H groups in total. The van der Waals surface area contributed by atoms with Crippen LogP contribution in [0.25, 0.3) is 10.9 Å². The molecule has 1 aliphatic heterocycles. The third-order valence-electron chi connectivity index (χ3n) is 5.07. The number of rotatable bonds is 3. The van der Waals surface area contributed by atoms with Crippen molar-refractivity contribution in [2.45, 2.75) is 19.4 Å². The minimum atomic E-state index is -0.555. The highest BCUT2D eigenvalue weighted by Gasteiger charge is 2.30. The van der Waals surface area contributed by atoms with E-state index in [0.717, 1.165) is 10.9 Å². The molecule has 29 heavy (non-hydrogen) atoms. The Morgan fingerprint density at radius 1 is 1.14 bits per heavy atom. The SMILES string of the molecule is C[C@@H]1CC(=O)Nc2ccccc2N1C(=O)COC(=O)c1cn(C)c2ccccc12. The third-order valence-corrected chi connectivity index (χ3v) is 5.07. The lowest BCUT2D eigenvalue weighted by atomic mass is 10.1. The van der Waals surface area contributed by atoms with Crippen molar-refractivity contribution in [3.8, 4) is 0 Å². The van der Waals surface area contributed by atoms with Gasteiger partial charge in [-0.05, 0) is 25.1 Å². The lowest BCUT2D eigenvalue weighted by Crippen LogP contribution is -2.41. The van der Waals surface area contributed by atoms with Gasteiger partial charge in [-0.3, -0.25) is 9.59 Å². The molecule has 0 saturated carbocycles. The fourth-order valence-corrected chi connectivity index (χ4v) is 3.75. The second-order valence-electron chi connectivity index (χ2n) is 7.13. The summed E-state index contributed by atoms with van der Waals surface area (Å²) in [5.74, 6) is -1.09. The predicted octanol–water partition coefficient (Wildman–Crippen LogP) is 3.10. The number of fused-ring (bicyclic) bond motifs is 2. The molecule has 0 fully saturated rings. The minimum absolute atomic E-state index is 0.159. The third kappa shape index (κ3) is 3.47. The van der Waals surface area contributed by atoms with Gasteiger partial charge in [-0.1, -0.05) is 30.3 Å². The molecule has 1 aromatic heterocycles. The second kappa shape index (κ2) is 7.43. The summed E-state index contributed by atoms with van der Waals surface area (Å²) in [5.41, 5.74) is 2.48. The molecule has 0 radical (unpaired) electrons. The van der Waals surface area contributed by atoms with E-state index >= 15 is 0 Å². The summed E-state index contributed by atoms with van der Waals surface area (Å²) in [6, 6.07) is 14.2. The summed E-state index contributed by atoms with van der Waals surface area (Å²) in [5, 5.41) is 3.58. The minimum Gasteiger partial charge on any atom is -0.452 e.